The molecule has 9 nitrogen and oxygen atoms in total. The third-order valence-electron chi connectivity index (χ3n) is 6.45. The Morgan fingerprint density at radius 1 is 0.946 bits per heavy atom. The molecule has 0 saturated heterocycles. The highest BCUT2D eigenvalue weighted by atomic mass is 16.2. The van der Waals surface area contributed by atoms with Crippen molar-refractivity contribution >= 4 is 22.8 Å². The molecule has 0 saturated carbocycles. The fraction of sp³-hybridized carbons (Fsp3) is 0.250. The van der Waals surface area contributed by atoms with Crippen LogP contribution in [0.2, 0.25) is 0 Å². The van der Waals surface area contributed by atoms with Gasteiger partial charge < -0.3 is 5.32 Å². The van der Waals surface area contributed by atoms with Crippen LogP contribution in [-0.2, 0) is 5.41 Å². The molecule has 0 fully saturated rings. The van der Waals surface area contributed by atoms with Gasteiger partial charge in [0.05, 0.1) is 17.6 Å². The Morgan fingerprint density at radius 3 is 2.35 bits per heavy atom. The number of carbonyl (C=O) groups excluding carboxylic acids is 1. The van der Waals surface area contributed by atoms with E-state index in [2.05, 4.69) is 46.3 Å². The maximum atomic E-state index is 13.0. The topological polar surface area (TPSA) is 110 Å². The summed E-state index contributed by atoms with van der Waals surface area (Å²) in [6, 6.07) is 15.2. The van der Waals surface area contributed by atoms with E-state index >= 15 is 0 Å². The zero-order valence-corrected chi connectivity index (χ0v) is 21.7. The summed E-state index contributed by atoms with van der Waals surface area (Å²) in [6.45, 7) is 12.2. The molecule has 0 radical (unpaired) electrons. The first-order chi connectivity index (χ1) is 17.5. The van der Waals surface area contributed by atoms with Crippen LogP contribution >= 0.6 is 0 Å². The maximum absolute atomic E-state index is 13.0. The smallest absolute Gasteiger partial charge is 0.263 e. The van der Waals surface area contributed by atoms with Crippen molar-refractivity contribution in [3.05, 3.63) is 93.0 Å². The second kappa shape index (κ2) is 8.85. The highest BCUT2D eigenvalue weighted by Crippen LogP contribution is 2.23. The molecule has 9 heteroatoms. The van der Waals surface area contributed by atoms with Crippen LogP contribution in [0.3, 0.4) is 0 Å². The predicted octanol–water partition coefficient (Wildman–Crippen LogP) is 4.77. The molecule has 0 aliphatic carbocycles. The number of amides is 1. The first kappa shape index (κ1) is 24.2. The summed E-state index contributed by atoms with van der Waals surface area (Å²) in [5, 5.41) is 12.1. The molecule has 2 aromatic carbocycles. The number of anilines is 1. The summed E-state index contributed by atoms with van der Waals surface area (Å²) in [7, 11) is 0. The number of carbonyl (C=O) groups is 1. The van der Waals surface area contributed by atoms with E-state index in [0.29, 0.717) is 28.1 Å². The van der Waals surface area contributed by atoms with Crippen LogP contribution in [0.15, 0.2) is 59.5 Å². The average Bonchev–Trinajstić information content (AvgIpc) is 3.44. The summed E-state index contributed by atoms with van der Waals surface area (Å²) < 4.78 is 3.06. The van der Waals surface area contributed by atoms with Crippen molar-refractivity contribution in [2.75, 3.05) is 5.32 Å². The minimum atomic E-state index is -0.349. The molecule has 37 heavy (non-hydrogen) atoms. The lowest BCUT2D eigenvalue weighted by Gasteiger charge is -2.19. The van der Waals surface area contributed by atoms with Crippen molar-refractivity contribution in [1.82, 2.24) is 29.5 Å². The van der Waals surface area contributed by atoms with E-state index in [4.69, 9.17) is 0 Å². The monoisotopic (exact) mass is 495 g/mol. The average molecular weight is 496 g/mol. The first-order valence-electron chi connectivity index (χ1n) is 12.1. The van der Waals surface area contributed by atoms with Gasteiger partial charge in [0, 0.05) is 11.6 Å². The highest BCUT2D eigenvalue weighted by molar-refractivity contribution is 6.04. The Labute approximate surface area is 214 Å². The summed E-state index contributed by atoms with van der Waals surface area (Å²) in [6.07, 6.45) is 1.50. The number of aryl methyl sites for hydroxylation is 3. The molecule has 5 aromatic rings. The van der Waals surface area contributed by atoms with E-state index in [0.717, 1.165) is 22.4 Å². The number of rotatable bonds is 4. The van der Waals surface area contributed by atoms with Gasteiger partial charge in [-0.05, 0) is 67.1 Å². The number of aromatic nitrogens is 6. The van der Waals surface area contributed by atoms with Gasteiger partial charge in [0.25, 0.3) is 11.5 Å². The normalized spacial score (nSPS) is 11.7. The molecule has 2 N–H and O–H groups in total. The molecule has 0 spiro atoms. The Hall–Kier alpha value is -4.53. The zero-order chi connectivity index (χ0) is 26.5. The third kappa shape index (κ3) is 4.55. The van der Waals surface area contributed by atoms with Crippen molar-refractivity contribution in [2.24, 2.45) is 0 Å². The Balaban J connectivity index is 1.53. The molecule has 0 bridgehead atoms. The SMILES string of the molecule is Cc1cc(NC(=O)c2ccc(C(C)(C)C)cc2)n(-c2nc3c(cnn3-c3ccc(C)c(C)c3)c(=O)[nH]2)n1. The second-order valence-corrected chi connectivity index (χ2v) is 10.3. The van der Waals surface area contributed by atoms with Crippen LogP contribution in [0.1, 0.15) is 53.5 Å². The van der Waals surface area contributed by atoms with Crippen molar-refractivity contribution in [2.45, 2.75) is 47.0 Å². The van der Waals surface area contributed by atoms with E-state index in [1.165, 1.54) is 10.9 Å². The standard InChI is InChI=1S/C28H29N7O2/c1-16-7-12-21(13-17(16)2)34-24-22(15-29-34)26(37)32-27(31-24)35-23(14-18(3)33-35)30-25(36)19-8-10-20(11-9-19)28(4,5)6/h7-15H,1-6H3,(H,30,36)(H,31,32,37). The van der Waals surface area contributed by atoms with Crippen molar-refractivity contribution < 1.29 is 4.79 Å². The molecule has 3 aromatic heterocycles. The van der Waals surface area contributed by atoms with Crippen molar-refractivity contribution in [3.8, 4) is 11.6 Å². The van der Waals surface area contributed by atoms with Gasteiger partial charge in [0.15, 0.2) is 5.65 Å². The van der Waals surface area contributed by atoms with Crippen LogP contribution < -0.4 is 10.9 Å². The molecule has 0 aliphatic rings. The van der Waals surface area contributed by atoms with Gasteiger partial charge in [0.1, 0.15) is 11.2 Å². The lowest BCUT2D eigenvalue weighted by molar-refractivity contribution is 0.102. The molecule has 0 unspecified atom stereocenters. The molecule has 0 atom stereocenters. The number of aromatic amines is 1. The molecular formula is C28H29N7O2. The van der Waals surface area contributed by atoms with Crippen molar-refractivity contribution in [1.29, 1.82) is 0 Å². The largest absolute Gasteiger partial charge is 0.306 e. The number of hydrogen-bond acceptors (Lipinski definition) is 5. The van der Waals surface area contributed by atoms with Gasteiger partial charge in [-0.25, -0.2) is 4.68 Å². The minimum Gasteiger partial charge on any atom is -0.306 e. The van der Waals surface area contributed by atoms with Crippen LogP contribution in [-0.4, -0.2) is 35.4 Å². The summed E-state index contributed by atoms with van der Waals surface area (Å²) in [5.41, 5.74) is 5.41. The zero-order valence-electron chi connectivity index (χ0n) is 21.7. The van der Waals surface area contributed by atoms with Gasteiger partial charge in [-0.1, -0.05) is 39.0 Å². The number of benzene rings is 2. The van der Waals surface area contributed by atoms with Crippen LogP contribution in [0, 0.1) is 20.8 Å². The summed E-state index contributed by atoms with van der Waals surface area (Å²) in [4.78, 5) is 33.4. The van der Waals surface area contributed by atoms with E-state index in [1.807, 2.05) is 44.2 Å². The van der Waals surface area contributed by atoms with Gasteiger partial charge in [-0.15, -0.1) is 0 Å². The fourth-order valence-electron chi connectivity index (χ4n) is 4.11. The number of nitrogens with zero attached hydrogens (tertiary/aromatic N) is 5. The summed E-state index contributed by atoms with van der Waals surface area (Å²) >= 11 is 0. The minimum absolute atomic E-state index is 0.00921. The molecule has 188 valence electrons. The third-order valence-corrected chi connectivity index (χ3v) is 6.45. The van der Waals surface area contributed by atoms with Gasteiger partial charge >= 0.3 is 0 Å². The number of nitrogens with one attached hydrogen (secondary N) is 2. The molecular weight excluding hydrogens is 466 g/mol. The molecule has 3 heterocycles. The second-order valence-electron chi connectivity index (χ2n) is 10.3. The Kier molecular flexibility index (Phi) is 5.78. The Morgan fingerprint density at radius 2 is 1.68 bits per heavy atom. The van der Waals surface area contributed by atoms with Gasteiger partial charge in [-0.3, -0.25) is 14.6 Å². The number of hydrogen-bond donors (Lipinski definition) is 2. The lowest BCUT2D eigenvalue weighted by Crippen LogP contribution is -2.19. The maximum Gasteiger partial charge on any atom is 0.263 e. The van der Waals surface area contributed by atoms with Crippen LogP contribution in [0.25, 0.3) is 22.7 Å². The quantitative estimate of drug-likeness (QED) is 0.373. The van der Waals surface area contributed by atoms with Crippen LogP contribution in [0.5, 0.6) is 0 Å². The van der Waals surface area contributed by atoms with Gasteiger partial charge in [-0.2, -0.15) is 19.9 Å². The van der Waals surface area contributed by atoms with E-state index in [-0.39, 0.29) is 22.8 Å². The number of H-pyrrole nitrogens is 1. The fourth-order valence-corrected chi connectivity index (χ4v) is 4.11. The first-order valence-corrected chi connectivity index (χ1v) is 12.1. The predicted molar refractivity (Wildman–Crippen MR) is 144 cm³/mol. The Bertz CT molecular complexity index is 1700. The van der Waals surface area contributed by atoms with Crippen molar-refractivity contribution in [3.63, 3.8) is 0 Å². The molecule has 5 rings (SSSR count). The lowest BCUT2D eigenvalue weighted by atomic mass is 9.87. The molecule has 0 aliphatic heterocycles. The van der Waals surface area contributed by atoms with Crippen LogP contribution in [0.4, 0.5) is 5.82 Å². The summed E-state index contributed by atoms with van der Waals surface area (Å²) in [5.74, 6) is 0.280. The molecule has 1 amide bonds. The van der Waals surface area contributed by atoms with E-state index < -0.39 is 0 Å². The van der Waals surface area contributed by atoms with E-state index in [1.54, 1.807) is 29.8 Å². The number of fused-ring (bicyclic) bond motifs is 1. The van der Waals surface area contributed by atoms with E-state index in [9.17, 15) is 9.59 Å². The highest BCUT2D eigenvalue weighted by Gasteiger charge is 2.19. The van der Waals surface area contributed by atoms with Gasteiger partial charge in [0.2, 0.25) is 5.95 Å².